The molecule has 1 aromatic rings. The van der Waals surface area contributed by atoms with Crippen LogP contribution in [0.5, 0.6) is 5.75 Å². The lowest BCUT2D eigenvalue weighted by Gasteiger charge is -2.11. The van der Waals surface area contributed by atoms with Crippen LogP contribution >= 0.6 is 0 Å². The van der Waals surface area contributed by atoms with E-state index in [0.29, 0.717) is 12.3 Å². The summed E-state index contributed by atoms with van der Waals surface area (Å²) in [5.41, 5.74) is 0.813. The van der Waals surface area contributed by atoms with Crippen LogP contribution < -0.4 is 10.1 Å². The number of carbonyl (C=O) groups is 2. The minimum Gasteiger partial charge on any atom is -0.496 e. The number of carbonyl (C=O) groups excluding carboxylic acids is 1. The summed E-state index contributed by atoms with van der Waals surface area (Å²) in [7, 11) is 1.56. The van der Waals surface area contributed by atoms with Crippen molar-refractivity contribution in [2.75, 3.05) is 13.7 Å². The molecule has 0 fully saturated rings. The highest BCUT2D eigenvalue weighted by atomic mass is 16.5. The Balaban J connectivity index is 2.45. The maximum Gasteiger partial charge on any atom is 0.303 e. The largest absolute Gasteiger partial charge is 0.496 e. The molecule has 0 saturated carbocycles. The van der Waals surface area contributed by atoms with Crippen LogP contribution in [0.3, 0.4) is 0 Å². The third-order valence-electron chi connectivity index (χ3n) is 2.71. The first-order valence-electron chi connectivity index (χ1n) is 6.13. The summed E-state index contributed by atoms with van der Waals surface area (Å²) in [6, 6.07) is 7.32. The van der Waals surface area contributed by atoms with Gasteiger partial charge < -0.3 is 15.2 Å². The molecule has 2 N–H and O–H groups in total. The molecule has 19 heavy (non-hydrogen) atoms. The van der Waals surface area contributed by atoms with Crippen LogP contribution in [0.4, 0.5) is 0 Å². The summed E-state index contributed by atoms with van der Waals surface area (Å²) in [6.07, 6.45) is 0.277. The summed E-state index contributed by atoms with van der Waals surface area (Å²) < 4.78 is 5.17. The van der Waals surface area contributed by atoms with E-state index in [4.69, 9.17) is 9.84 Å². The third kappa shape index (κ3) is 5.42. The molecule has 104 valence electrons. The highest BCUT2D eigenvalue weighted by Crippen LogP contribution is 2.17. The average Bonchev–Trinajstić information content (AvgIpc) is 2.36. The summed E-state index contributed by atoms with van der Waals surface area (Å²) in [4.78, 5) is 22.3. The zero-order valence-corrected chi connectivity index (χ0v) is 11.2. The molecule has 0 saturated heterocycles. The van der Waals surface area contributed by atoms with Gasteiger partial charge in [-0.2, -0.15) is 0 Å². The molecule has 0 aromatic heterocycles. The van der Waals surface area contributed by atoms with E-state index in [2.05, 4.69) is 5.32 Å². The molecular weight excluding hydrogens is 246 g/mol. The lowest BCUT2D eigenvalue weighted by Crippen LogP contribution is -2.30. The van der Waals surface area contributed by atoms with Crippen LogP contribution in [0.1, 0.15) is 18.9 Å². The SMILES string of the molecule is COc1ccccc1CC(=O)NCC(C)CC(=O)O. The Labute approximate surface area is 112 Å². The Hall–Kier alpha value is -2.04. The highest BCUT2D eigenvalue weighted by molar-refractivity contribution is 5.79. The van der Waals surface area contributed by atoms with Gasteiger partial charge in [-0.25, -0.2) is 0 Å². The van der Waals surface area contributed by atoms with E-state index in [1.165, 1.54) is 0 Å². The molecule has 0 aliphatic carbocycles. The molecule has 1 amide bonds. The minimum atomic E-state index is -0.855. The van der Waals surface area contributed by atoms with Crippen LogP contribution in [0.2, 0.25) is 0 Å². The molecule has 0 heterocycles. The number of rotatable bonds is 7. The van der Waals surface area contributed by atoms with Crippen molar-refractivity contribution in [3.8, 4) is 5.75 Å². The summed E-state index contributed by atoms with van der Waals surface area (Å²) in [6.45, 7) is 2.15. The zero-order chi connectivity index (χ0) is 14.3. The molecule has 1 rings (SSSR count). The van der Waals surface area contributed by atoms with Crippen molar-refractivity contribution in [2.45, 2.75) is 19.8 Å². The van der Waals surface area contributed by atoms with E-state index in [0.717, 1.165) is 5.56 Å². The number of carboxylic acid groups (broad SMARTS) is 1. The smallest absolute Gasteiger partial charge is 0.303 e. The van der Waals surface area contributed by atoms with Gasteiger partial charge in [0.05, 0.1) is 13.5 Å². The van der Waals surface area contributed by atoms with Gasteiger partial charge in [-0.1, -0.05) is 25.1 Å². The van der Waals surface area contributed by atoms with Gasteiger partial charge in [0.1, 0.15) is 5.75 Å². The van der Waals surface area contributed by atoms with Crippen molar-refractivity contribution in [2.24, 2.45) is 5.92 Å². The Morgan fingerprint density at radius 3 is 2.68 bits per heavy atom. The Morgan fingerprint density at radius 1 is 1.37 bits per heavy atom. The Morgan fingerprint density at radius 2 is 2.05 bits per heavy atom. The number of aliphatic carboxylic acids is 1. The second-order valence-electron chi connectivity index (χ2n) is 4.50. The van der Waals surface area contributed by atoms with Crippen molar-refractivity contribution < 1.29 is 19.4 Å². The van der Waals surface area contributed by atoms with E-state index in [1.54, 1.807) is 20.1 Å². The maximum atomic E-state index is 11.8. The Bertz CT molecular complexity index is 445. The first kappa shape index (κ1) is 15.0. The normalized spacial score (nSPS) is 11.7. The summed E-state index contributed by atoms with van der Waals surface area (Å²) in [5.74, 6) is -0.399. The number of benzene rings is 1. The topological polar surface area (TPSA) is 75.6 Å². The molecule has 0 bridgehead atoms. The van der Waals surface area contributed by atoms with Gasteiger partial charge in [-0.3, -0.25) is 9.59 Å². The van der Waals surface area contributed by atoms with E-state index >= 15 is 0 Å². The third-order valence-corrected chi connectivity index (χ3v) is 2.71. The number of nitrogens with one attached hydrogen (secondary N) is 1. The first-order valence-corrected chi connectivity index (χ1v) is 6.13. The van der Waals surface area contributed by atoms with Gasteiger partial charge in [0.2, 0.25) is 5.91 Å². The number of amides is 1. The molecule has 0 aliphatic heterocycles. The van der Waals surface area contributed by atoms with Crippen LogP contribution in [-0.4, -0.2) is 30.6 Å². The van der Waals surface area contributed by atoms with Gasteiger partial charge in [0.15, 0.2) is 0 Å². The van der Waals surface area contributed by atoms with Gasteiger partial charge in [-0.05, 0) is 12.0 Å². The molecule has 1 unspecified atom stereocenters. The molecule has 5 nitrogen and oxygen atoms in total. The first-order chi connectivity index (χ1) is 9.02. The fraction of sp³-hybridized carbons (Fsp3) is 0.429. The van der Waals surface area contributed by atoms with Gasteiger partial charge in [-0.15, -0.1) is 0 Å². The predicted molar refractivity (Wildman–Crippen MR) is 71.1 cm³/mol. The van der Waals surface area contributed by atoms with Crippen LogP contribution in [0.25, 0.3) is 0 Å². The van der Waals surface area contributed by atoms with Gasteiger partial charge in [0.25, 0.3) is 0 Å². The fourth-order valence-electron chi connectivity index (χ4n) is 1.74. The number of hydrogen-bond acceptors (Lipinski definition) is 3. The zero-order valence-electron chi connectivity index (χ0n) is 11.2. The summed E-state index contributed by atoms with van der Waals surface area (Å²) in [5, 5.41) is 11.4. The second-order valence-corrected chi connectivity index (χ2v) is 4.50. The molecule has 0 spiro atoms. The number of methoxy groups -OCH3 is 1. The second kappa shape index (κ2) is 7.41. The van der Waals surface area contributed by atoms with Gasteiger partial charge >= 0.3 is 5.97 Å². The fourth-order valence-corrected chi connectivity index (χ4v) is 1.74. The average molecular weight is 265 g/mol. The summed E-state index contributed by atoms with van der Waals surface area (Å²) >= 11 is 0. The maximum absolute atomic E-state index is 11.8. The van der Waals surface area contributed by atoms with Crippen LogP contribution in [-0.2, 0) is 16.0 Å². The van der Waals surface area contributed by atoms with E-state index in [1.807, 2.05) is 18.2 Å². The lowest BCUT2D eigenvalue weighted by atomic mass is 10.1. The van der Waals surface area contributed by atoms with Crippen molar-refractivity contribution in [3.63, 3.8) is 0 Å². The van der Waals surface area contributed by atoms with Crippen molar-refractivity contribution in [1.82, 2.24) is 5.32 Å². The monoisotopic (exact) mass is 265 g/mol. The predicted octanol–water partition coefficient (Wildman–Crippen LogP) is 1.46. The van der Waals surface area contributed by atoms with E-state index in [-0.39, 0.29) is 24.7 Å². The highest BCUT2D eigenvalue weighted by Gasteiger charge is 2.11. The van der Waals surface area contributed by atoms with Crippen LogP contribution in [0, 0.1) is 5.92 Å². The Kier molecular flexibility index (Phi) is 5.85. The van der Waals surface area contributed by atoms with Crippen LogP contribution in [0.15, 0.2) is 24.3 Å². The molecular formula is C14H19NO4. The number of carboxylic acids is 1. The molecule has 0 radical (unpaired) electrons. The van der Waals surface area contributed by atoms with E-state index in [9.17, 15) is 9.59 Å². The van der Waals surface area contributed by atoms with Crippen molar-refractivity contribution >= 4 is 11.9 Å². The van der Waals surface area contributed by atoms with Gasteiger partial charge in [0, 0.05) is 18.5 Å². The number of ether oxygens (including phenoxy) is 1. The quantitative estimate of drug-likeness (QED) is 0.782. The molecule has 1 atom stereocenters. The number of para-hydroxylation sites is 1. The minimum absolute atomic E-state index is 0.0505. The lowest BCUT2D eigenvalue weighted by molar-refractivity contribution is -0.138. The number of hydrogen-bond donors (Lipinski definition) is 2. The molecule has 5 heteroatoms. The molecule has 0 aliphatic rings. The molecule has 1 aromatic carbocycles. The standard InChI is InChI=1S/C14H19NO4/c1-10(7-14(17)18)9-15-13(16)8-11-5-3-4-6-12(11)19-2/h3-6,10H,7-9H2,1-2H3,(H,15,16)(H,17,18). The van der Waals surface area contributed by atoms with E-state index < -0.39 is 5.97 Å². The van der Waals surface area contributed by atoms with Crippen molar-refractivity contribution in [1.29, 1.82) is 0 Å². The van der Waals surface area contributed by atoms with Crippen molar-refractivity contribution in [3.05, 3.63) is 29.8 Å².